The Kier molecular flexibility index (Phi) is 4.32. The first kappa shape index (κ1) is 17.3. The number of anilines is 1. The Balaban J connectivity index is 1.68. The highest BCUT2D eigenvalue weighted by Gasteiger charge is 2.32. The zero-order valence-corrected chi connectivity index (χ0v) is 17.1. The highest BCUT2D eigenvalue weighted by atomic mass is 79.9. The molecule has 0 unspecified atom stereocenters. The molecule has 0 bridgehead atoms. The van der Waals surface area contributed by atoms with E-state index in [2.05, 4.69) is 80.4 Å². The number of rotatable bonds is 3. The van der Waals surface area contributed by atoms with Gasteiger partial charge in [-0.15, -0.1) is 0 Å². The minimum Gasteiger partial charge on any atom is -0.496 e. The van der Waals surface area contributed by atoms with Gasteiger partial charge in [0, 0.05) is 10.0 Å². The Bertz CT molecular complexity index is 1140. The van der Waals surface area contributed by atoms with Crippen molar-refractivity contribution in [3.05, 3.63) is 88.4 Å². The van der Waals surface area contributed by atoms with Gasteiger partial charge in [-0.2, -0.15) is 0 Å². The molecular formula is C23H20BrN3O. The summed E-state index contributed by atoms with van der Waals surface area (Å²) in [7, 11) is 1.74. The van der Waals surface area contributed by atoms with E-state index in [9.17, 15) is 0 Å². The van der Waals surface area contributed by atoms with E-state index in [4.69, 9.17) is 9.72 Å². The maximum atomic E-state index is 5.70. The molecule has 28 heavy (non-hydrogen) atoms. The molecule has 2 heterocycles. The average Bonchev–Trinajstić information content (AvgIpc) is 3.12. The molecule has 2 atom stereocenters. The summed E-state index contributed by atoms with van der Waals surface area (Å²) in [6.07, 6.45) is 0.912. The van der Waals surface area contributed by atoms with E-state index < -0.39 is 0 Å². The van der Waals surface area contributed by atoms with Gasteiger partial charge in [0.05, 0.1) is 30.2 Å². The van der Waals surface area contributed by atoms with Gasteiger partial charge in [-0.25, -0.2) is 4.98 Å². The van der Waals surface area contributed by atoms with Crippen LogP contribution in [0, 0.1) is 0 Å². The van der Waals surface area contributed by atoms with Gasteiger partial charge >= 0.3 is 0 Å². The zero-order valence-electron chi connectivity index (χ0n) is 15.5. The highest BCUT2D eigenvalue weighted by Crippen LogP contribution is 2.43. The van der Waals surface area contributed by atoms with Crippen molar-refractivity contribution in [3.63, 3.8) is 0 Å². The van der Waals surface area contributed by atoms with Crippen LogP contribution in [0.25, 0.3) is 11.0 Å². The van der Waals surface area contributed by atoms with Gasteiger partial charge in [-0.3, -0.25) is 0 Å². The maximum absolute atomic E-state index is 5.70. The van der Waals surface area contributed by atoms with E-state index in [1.165, 1.54) is 11.1 Å². The van der Waals surface area contributed by atoms with Gasteiger partial charge < -0.3 is 14.6 Å². The summed E-state index contributed by atoms with van der Waals surface area (Å²) in [6.45, 7) is 0. The fourth-order valence-corrected chi connectivity index (χ4v) is 4.39. The maximum Gasteiger partial charge on any atom is 0.204 e. The molecule has 1 aromatic heterocycles. The topological polar surface area (TPSA) is 39.1 Å². The molecule has 0 spiro atoms. The number of para-hydroxylation sites is 3. The second-order valence-electron chi connectivity index (χ2n) is 7.04. The van der Waals surface area contributed by atoms with Crippen LogP contribution in [-0.4, -0.2) is 16.7 Å². The standard InChI is InChI=1S/C23H20BrN3O/c1-28-22-9-5-2-6-17(22)21-14-19(15-10-12-16(24)13-11-15)26-23-25-18-7-3-4-8-20(18)27(21)23/h2-13,19,21H,14H2,1H3,(H,25,26)/t19-,21+/m0/s1. The Morgan fingerprint density at radius 3 is 2.57 bits per heavy atom. The molecule has 0 saturated carbocycles. The number of ether oxygens (including phenoxy) is 1. The number of methoxy groups -OCH3 is 1. The van der Waals surface area contributed by atoms with E-state index in [0.29, 0.717) is 0 Å². The molecule has 5 rings (SSSR count). The van der Waals surface area contributed by atoms with Crippen molar-refractivity contribution in [1.82, 2.24) is 9.55 Å². The molecule has 0 aliphatic carbocycles. The minimum absolute atomic E-state index is 0.133. The number of halogens is 1. The molecule has 0 radical (unpaired) electrons. The summed E-state index contributed by atoms with van der Waals surface area (Å²) in [6, 6.07) is 25.4. The average molecular weight is 434 g/mol. The molecule has 1 aliphatic rings. The number of benzene rings is 3. The third-order valence-corrected chi connectivity index (χ3v) is 5.97. The van der Waals surface area contributed by atoms with Crippen molar-refractivity contribution >= 4 is 32.9 Å². The number of nitrogens with one attached hydrogen (secondary N) is 1. The van der Waals surface area contributed by atoms with Crippen LogP contribution in [0.1, 0.15) is 29.6 Å². The lowest BCUT2D eigenvalue weighted by molar-refractivity contribution is 0.392. The van der Waals surface area contributed by atoms with Crippen molar-refractivity contribution in [2.75, 3.05) is 12.4 Å². The molecule has 0 fully saturated rings. The van der Waals surface area contributed by atoms with Crippen molar-refractivity contribution in [3.8, 4) is 5.75 Å². The van der Waals surface area contributed by atoms with E-state index in [1.807, 2.05) is 18.2 Å². The molecule has 1 N–H and O–H groups in total. The number of hydrogen-bond acceptors (Lipinski definition) is 3. The Morgan fingerprint density at radius 1 is 1.00 bits per heavy atom. The van der Waals surface area contributed by atoms with Crippen molar-refractivity contribution < 1.29 is 4.74 Å². The van der Waals surface area contributed by atoms with Gasteiger partial charge in [-0.1, -0.05) is 58.4 Å². The van der Waals surface area contributed by atoms with Crippen LogP contribution < -0.4 is 10.1 Å². The number of imidazole rings is 1. The second-order valence-corrected chi connectivity index (χ2v) is 7.95. The molecule has 1 aliphatic heterocycles. The summed E-state index contributed by atoms with van der Waals surface area (Å²) in [5, 5.41) is 3.66. The molecule has 3 aromatic carbocycles. The Morgan fingerprint density at radius 2 is 1.75 bits per heavy atom. The van der Waals surface area contributed by atoms with E-state index in [0.717, 1.165) is 33.6 Å². The lowest BCUT2D eigenvalue weighted by atomic mass is 9.92. The lowest BCUT2D eigenvalue weighted by Crippen LogP contribution is -2.27. The zero-order chi connectivity index (χ0) is 19.1. The van der Waals surface area contributed by atoms with Crippen molar-refractivity contribution in [2.24, 2.45) is 0 Å². The number of hydrogen-bond donors (Lipinski definition) is 1. The van der Waals surface area contributed by atoms with Crippen LogP contribution in [-0.2, 0) is 0 Å². The van der Waals surface area contributed by atoms with Gasteiger partial charge in [-0.05, 0) is 42.3 Å². The molecule has 4 nitrogen and oxygen atoms in total. The molecule has 5 heteroatoms. The van der Waals surface area contributed by atoms with Crippen molar-refractivity contribution in [1.29, 1.82) is 0 Å². The molecule has 4 aromatic rings. The fraction of sp³-hybridized carbons (Fsp3) is 0.174. The predicted octanol–water partition coefficient (Wildman–Crippen LogP) is 5.95. The SMILES string of the molecule is COc1ccccc1[C@H]1C[C@@H](c2ccc(Br)cc2)Nc2nc3ccccc3n21. The van der Waals surface area contributed by atoms with Crippen LogP contribution in [0.15, 0.2) is 77.3 Å². The number of nitrogens with zero attached hydrogens (tertiary/aromatic N) is 2. The smallest absolute Gasteiger partial charge is 0.204 e. The van der Waals surface area contributed by atoms with Crippen LogP contribution >= 0.6 is 15.9 Å². The first-order chi connectivity index (χ1) is 13.7. The van der Waals surface area contributed by atoms with Crippen LogP contribution in [0.3, 0.4) is 0 Å². The molecular weight excluding hydrogens is 414 g/mol. The first-order valence-corrected chi connectivity index (χ1v) is 10.2. The molecule has 140 valence electrons. The lowest BCUT2D eigenvalue weighted by Gasteiger charge is -2.34. The molecule has 0 amide bonds. The molecule has 0 saturated heterocycles. The quantitative estimate of drug-likeness (QED) is 0.433. The predicted molar refractivity (Wildman–Crippen MR) is 116 cm³/mol. The number of fused-ring (bicyclic) bond motifs is 3. The minimum atomic E-state index is 0.133. The van der Waals surface area contributed by atoms with E-state index in [1.54, 1.807) is 7.11 Å². The van der Waals surface area contributed by atoms with Crippen LogP contribution in [0.2, 0.25) is 0 Å². The monoisotopic (exact) mass is 433 g/mol. The second kappa shape index (κ2) is 6.99. The first-order valence-electron chi connectivity index (χ1n) is 9.36. The van der Waals surface area contributed by atoms with E-state index >= 15 is 0 Å². The summed E-state index contributed by atoms with van der Waals surface area (Å²) >= 11 is 3.53. The summed E-state index contributed by atoms with van der Waals surface area (Å²) in [5.74, 6) is 1.81. The van der Waals surface area contributed by atoms with Crippen LogP contribution in [0.4, 0.5) is 5.95 Å². The van der Waals surface area contributed by atoms with Crippen molar-refractivity contribution in [2.45, 2.75) is 18.5 Å². The summed E-state index contributed by atoms with van der Waals surface area (Å²) in [5.41, 5.74) is 4.57. The Hall–Kier alpha value is -2.79. The van der Waals surface area contributed by atoms with Gasteiger partial charge in [0.2, 0.25) is 5.95 Å². The van der Waals surface area contributed by atoms with Crippen LogP contribution in [0.5, 0.6) is 5.75 Å². The third kappa shape index (κ3) is 2.87. The largest absolute Gasteiger partial charge is 0.496 e. The Labute approximate surface area is 172 Å². The van der Waals surface area contributed by atoms with Gasteiger partial charge in [0.25, 0.3) is 0 Å². The third-order valence-electron chi connectivity index (χ3n) is 5.44. The number of aromatic nitrogens is 2. The van der Waals surface area contributed by atoms with Gasteiger partial charge in [0.15, 0.2) is 0 Å². The fourth-order valence-electron chi connectivity index (χ4n) is 4.13. The normalized spacial score (nSPS) is 18.5. The van der Waals surface area contributed by atoms with Gasteiger partial charge in [0.1, 0.15) is 5.75 Å². The summed E-state index contributed by atoms with van der Waals surface area (Å²) in [4.78, 5) is 4.88. The highest BCUT2D eigenvalue weighted by molar-refractivity contribution is 9.10. The van der Waals surface area contributed by atoms with E-state index in [-0.39, 0.29) is 12.1 Å². The summed E-state index contributed by atoms with van der Waals surface area (Å²) < 4.78 is 9.09.